The largest absolute Gasteiger partial charge is 0.0619 e. The van der Waals surface area contributed by atoms with Crippen molar-refractivity contribution >= 4 is 0 Å². The molecule has 12 rings (SSSR count). The number of benzene rings is 6. The third-order valence-electron chi connectivity index (χ3n) is 15.7. The fraction of sp³-hybridized carbons (Fsp3) is 0.280. The van der Waals surface area contributed by atoms with Gasteiger partial charge in [-0.25, -0.2) is 0 Å². The second kappa shape index (κ2) is 8.78. The quantitative estimate of drug-likeness (QED) is 0.154. The van der Waals surface area contributed by atoms with Crippen LogP contribution < -0.4 is 0 Å². The van der Waals surface area contributed by atoms with Gasteiger partial charge < -0.3 is 0 Å². The van der Waals surface area contributed by atoms with Gasteiger partial charge in [-0.2, -0.15) is 0 Å². The topological polar surface area (TPSA) is 0 Å². The van der Waals surface area contributed by atoms with Crippen molar-refractivity contribution in [1.82, 2.24) is 0 Å². The van der Waals surface area contributed by atoms with E-state index < -0.39 is 0 Å². The Labute approximate surface area is 297 Å². The molecule has 0 aromatic heterocycles. The highest BCUT2D eigenvalue weighted by atomic mass is 14.8. The summed E-state index contributed by atoms with van der Waals surface area (Å²) in [4.78, 5) is 0. The van der Waals surface area contributed by atoms with Gasteiger partial charge in [0, 0.05) is 32.5 Å². The molecule has 0 amide bonds. The predicted molar refractivity (Wildman–Crippen MR) is 204 cm³/mol. The minimum Gasteiger partial charge on any atom is -0.0619 e. The number of fused-ring (bicyclic) bond motifs is 18. The highest BCUT2D eigenvalue weighted by molar-refractivity contribution is 5.75. The highest BCUT2D eigenvalue weighted by Crippen LogP contribution is 2.77. The molecule has 0 spiro atoms. The summed E-state index contributed by atoms with van der Waals surface area (Å²) in [6.07, 6.45) is 0. The van der Waals surface area contributed by atoms with Crippen molar-refractivity contribution < 1.29 is 0 Å². The molecule has 0 saturated carbocycles. The Kier molecular flexibility index (Phi) is 5.11. The number of rotatable bonds is 0. The van der Waals surface area contributed by atoms with Crippen LogP contribution in [0, 0.1) is 11.8 Å². The molecule has 6 aliphatic carbocycles. The van der Waals surface area contributed by atoms with Gasteiger partial charge in [0.15, 0.2) is 0 Å². The summed E-state index contributed by atoms with van der Waals surface area (Å²) in [5, 5.41) is 0. The number of hydrogen-bond acceptors (Lipinski definition) is 0. The molecule has 0 heterocycles. The summed E-state index contributed by atoms with van der Waals surface area (Å²) < 4.78 is 0. The Hall–Kier alpha value is -4.68. The molecule has 6 aliphatic rings. The Bertz CT molecular complexity index is 1870. The fourth-order valence-electron chi connectivity index (χ4n) is 14.5. The van der Waals surface area contributed by atoms with Crippen LogP contribution >= 0.6 is 0 Å². The fourth-order valence-corrected chi connectivity index (χ4v) is 14.5. The van der Waals surface area contributed by atoms with Gasteiger partial charge in [0.25, 0.3) is 0 Å². The Morgan fingerprint density at radius 3 is 0.420 bits per heavy atom. The zero-order valence-electron chi connectivity index (χ0n) is 30.0. The molecule has 0 unspecified atom stereocenters. The molecule has 0 heteroatoms. The van der Waals surface area contributed by atoms with Crippen LogP contribution in [-0.4, -0.2) is 0 Å². The van der Waals surface area contributed by atoms with Gasteiger partial charge in [-0.1, -0.05) is 187 Å². The first-order valence-corrected chi connectivity index (χ1v) is 18.7. The zero-order chi connectivity index (χ0) is 34.1. The third-order valence-corrected chi connectivity index (χ3v) is 15.7. The van der Waals surface area contributed by atoms with E-state index in [-0.39, 0.29) is 32.5 Å². The highest BCUT2D eigenvalue weighted by Gasteiger charge is 2.73. The van der Waals surface area contributed by atoms with Gasteiger partial charge in [-0.15, -0.1) is 0 Å². The maximum absolute atomic E-state index is 2.50. The summed E-state index contributed by atoms with van der Waals surface area (Å²) in [5.74, 6) is 1.08. The van der Waals surface area contributed by atoms with Crippen LogP contribution in [0.25, 0.3) is 0 Å². The average molecular weight is 645 g/mol. The monoisotopic (exact) mass is 644 g/mol. The molecule has 0 aliphatic heterocycles. The molecular weight excluding hydrogens is 601 g/mol. The molecule has 0 fully saturated rings. The lowest BCUT2D eigenvalue weighted by atomic mass is 9.64. The standard InChI is InChI=1S/2C25H22/c2*1-23-16-10-4-6-12-18(16)24(2)20-14-8-9-15-21(20)25(3,22(23)24)19-13-7-5-11-17(19)23/h2*4-15,22H,1-3H3. The van der Waals surface area contributed by atoms with E-state index in [9.17, 15) is 0 Å². The maximum Gasteiger partial charge on any atom is 0.0232 e. The van der Waals surface area contributed by atoms with Crippen molar-refractivity contribution in [2.24, 2.45) is 11.8 Å². The van der Waals surface area contributed by atoms with E-state index >= 15 is 0 Å². The summed E-state index contributed by atoms with van der Waals surface area (Å²) in [5.41, 5.74) is 18.9. The molecule has 0 nitrogen and oxygen atoms in total. The molecular formula is C50H44. The van der Waals surface area contributed by atoms with Gasteiger partial charge >= 0.3 is 0 Å². The minimum atomic E-state index is 0.0791. The summed E-state index contributed by atoms with van der Waals surface area (Å²) in [7, 11) is 0. The van der Waals surface area contributed by atoms with E-state index in [1.165, 1.54) is 66.8 Å². The van der Waals surface area contributed by atoms with Crippen LogP contribution in [0.3, 0.4) is 0 Å². The maximum atomic E-state index is 2.50. The first-order valence-electron chi connectivity index (χ1n) is 18.7. The van der Waals surface area contributed by atoms with Gasteiger partial charge in [0.1, 0.15) is 0 Å². The lowest BCUT2D eigenvalue weighted by Crippen LogP contribution is -2.39. The molecule has 50 heavy (non-hydrogen) atoms. The first-order chi connectivity index (χ1) is 24.1. The van der Waals surface area contributed by atoms with Gasteiger partial charge in [-0.05, 0) is 78.6 Å². The van der Waals surface area contributed by atoms with Gasteiger partial charge in [0.2, 0.25) is 0 Å². The van der Waals surface area contributed by atoms with Gasteiger partial charge in [-0.3, -0.25) is 0 Å². The van der Waals surface area contributed by atoms with E-state index in [1.807, 2.05) is 0 Å². The van der Waals surface area contributed by atoms with Crippen molar-refractivity contribution in [3.63, 3.8) is 0 Å². The van der Waals surface area contributed by atoms with E-state index in [2.05, 4.69) is 187 Å². The Morgan fingerprint density at radius 2 is 0.320 bits per heavy atom. The molecule has 0 N–H and O–H groups in total. The minimum absolute atomic E-state index is 0.0791. The molecule has 0 atom stereocenters. The number of hydrogen-bond donors (Lipinski definition) is 0. The molecule has 244 valence electrons. The molecule has 6 aromatic carbocycles. The van der Waals surface area contributed by atoms with E-state index in [0.717, 1.165) is 0 Å². The predicted octanol–water partition coefficient (Wildman–Crippen LogP) is 11.1. The Balaban J connectivity index is 0.000000120. The third kappa shape index (κ3) is 2.71. The van der Waals surface area contributed by atoms with Gasteiger partial charge in [0.05, 0.1) is 0 Å². The van der Waals surface area contributed by atoms with Crippen LogP contribution in [0.15, 0.2) is 146 Å². The van der Waals surface area contributed by atoms with Crippen LogP contribution in [-0.2, 0) is 32.5 Å². The Morgan fingerprint density at radius 1 is 0.220 bits per heavy atom. The smallest absolute Gasteiger partial charge is 0.0232 e. The average Bonchev–Trinajstić information content (AvgIpc) is 3.83. The van der Waals surface area contributed by atoms with Crippen LogP contribution in [0.4, 0.5) is 0 Å². The first kappa shape index (κ1) is 29.1. The van der Waals surface area contributed by atoms with E-state index in [1.54, 1.807) is 0 Å². The lowest BCUT2D eigenvalue weighted by molar-refractivity contribution is 0.245. The molecule has 0 radical (unpaired) electrons. The van der Waals surface area contributed by atoms with Crippen LogP contribution in [0.2, 0.25) is 0 Å². The van der Waals surface area contributed by atoms with Crippen molar-refractivity contribution in [3.8, 4) is 0 Å². The SMILES string of the molecule is CC12c3ccccc3C3(C)c4ccccc4C(C)(c4ccccc41)C23.CC12c3ccccc3C3(C)c4ccccc4C(C)(c4ccccc41)C23. The van der Waals surface area contributed by atoms with E-state index in [0.29, 0.717) is 11.8 Å². The van der Waals surface area contributed by atoms with Crippen LogP contribution in [0.1, 0.15) is 108 Å². The van der Waals surface area contributed by atoms with Crippen molar-refractivity contribution in [1.29, 1.82) is 0 Å². The summed E-state index contributed by atoms with van der Waals surface area (Å²) in [6, 6.07) is 55.2. The normalized spacial score (nSPS) is 35.9. The van der Waals surface area contributed by atoms with Crippen molar-refractivity contribution in [2.45, 2.75) is 74.0 Å². The molecule has 6 aromatic rings. The second-order valence-electron chi connectivity index (χ2n) is 17.4. The van der Waals surface area contributed by atoms with Crippen molar-refractivity contribution in [2.75, 3.05) is 0 Å². The lowest BCUT2D eigenvalue weighted by Gasteiger charge is -2.37. The second-order valence-corrected chi connectivity index (χ2v) is 17.4. The summed E-state index contributed by atoms with van der Waals surface area (Å²) in [6.45, 7) is 15.0. The van der Waals surface area contributed by atoms with E-state index in [4.69, 9.17) is 0 Å². The van der Waals surface area contributed by atoms with Crippen molar-refractivity contribution in [3.05, 3.63) is 212 Å². The zero-order valence-corrected chi connectivity index (χ0v) is 30.0. The summed E-state index contributed by atoms with van der Waals surface area (Å²) >= 11 is 0. The molecule has 0 saturated heterocycles. The van der Waals surface area contributed by atoms with Crippen LogP contribution in [0.5, 0.6) is 0 Å². The molecule has 0 bridgehead atoms.